The molecule has 0 bridgehead atoms. The molecule has 1 aromatic rings. The zero-order valence-electron chi connectivity index (χ0n) is 13.8. The van der Waals surface area contributed by atoms with Gasteiger partial charge in [-0.25, -0.2) is 0 Å². The van der Waals surface area contributed by atoms with Crippen LogP contribution in [-0.4, -0.2) is 6.54 Å². The molecule has 1 fully saturated rings. The maximum absolute atomic E-state index is 3.86. The monoisotopic (exact) mass is 285 g/mol. The number of nitrogens with one attached hydrogen (secondary N) is 1. The van der Waals surface area contributed by atoms with Crippen molar-refractivity contribution in [1.82, 2.24) is 5.32 Å². The van der Waals surface area contributed by atoms with Gasteiger partial charge in [0.2, 0.25) is 0 Å². The van der Waals surface area contributed by atoms with Crippen molar-refractivity contribution in [3.63, 3.8) is 0 Å². The van der Waals surface area contributed by atoms with E-state index in [1.807, 2.05) is 0 Å². The summed E-state index contributed by atoms with van der Waals surface area (Å²) in [5, 5.41) is 3.86. The first kappa shape index (κ1) is 15.1. The highest BCUT2D eigenvalue weighted by molar-refractivity contribution is 5.35. The summed E-state index contributed by atoms with van der Waals surface area (Å²) in [6.07, 6.45) is 10.8. The van der Waals surface area contributed by atoms with Gasteiger partial charge in [0.25, 0.3) is 0 Å². The van der Waals surface area contributed by atoms with Crippen LogP contribution in [0.3, 0.4) is 0 Å². The van der Waals surface area contributed by atoms with E-state index in [1.54, 1.807) is 16.7 Å². The van der Waals surface area contributed by atoms with Gasteiger partial charge in [0, 0.05) is 6.04 Å². The summed E-state index contributed by atoms with van der Waals surface area (Å²) >= 11 is 0. The van der Waals surface area contributed by atoms with E-state index in [1.165, 1.54) is 51.4 Å². The Morgan fingerprint density at radius 2 is 1.90 bits per heavy atom. The number of aryl methyl sites for hydroxylation is 2. The molecule has 2 aliphatic carbocycles. The Morgan fingerprint density at radius 3 is 2.62 bits per heavy atom. The van der Waals surface area contributed by atoms with Gasteiger partial charge >= 0.3 is 0 Å². The Balaban J connectivity index is 1.84. The van der Waals surface area contributed by atoms with E-state index >= 15 is 0 Å². The van der Waals surface area contributed by atoms with Crippen molar-refractivity contribution in [3.05, 3.63) is 34.9 Å². The second-order valence-corrected chi connectivity index (χ2v) is 7.24. The Morgan fingerprint density at radius 1 is 1.10 bits per heavy atom. The van der Waals surface area contributed by atoms with Crippen LogP contribution in [0.15, 0.2) is 18.2 Å². The highest BCUT2D eigenvalue weighted by Gasteiger charge is 2.31. The Labute approximate surface area is 130 Å². The lowest BCUT2D eigenvalue weighted by atomic mass is 9.83. The van der Waals surface area contributed by atoms with E-state index < -0.39 is 0 Å². The quantitative estimate of drug-likeness (QED) is 0.799. The second kappa shape index (κ2) is 6.96. The molecule has 1 aromatic carbocycles. The minimum Gasteiger partial charge on any atom is -0.310 e. The molecular formula is C20H31N. The highest BCUT2D eigenvalue weighted by atomic mass is 14.9. The van der Waals surface area contributed by atoms with Crippen LogP contribution in [0.25, 0.3) is 0 Å². The zero-order valence-corrected chi connectivity index (χ0v) is 13.8. The van der Waals surface area contributed by atoms with Gasteiger partial charge in [0.1, 0.15) is 0 Å². The maximum atomic E-state index is 3.86. The summed E-state index contributed by atoms with van der Waals surface area (Å²) in [5.74, 6) is 1.70. The Hall–Kier alpha value is -0.820. The average molecular weight is 285 g/mol. The Kier molecular flexibility index (Phi) is 5.00. The van der Waals surface area contributed by atoms with Crippen molar-refractivity contribution in [2.75, 3.05) is 6.54 Å². The molecule has 0 aromatic heterocycles. The van der Waals surface area contributed by atoms with Crippen molar-refractivity contribution in [1.29, 1.82) is 0 Å². The molecule has 1 heteroatoms. The lowest BCUT2D eigenvalue weighted by molar-refractivity contribution is 0.302. The summed E-state index contributed by atoms with van der Waals surface area (Å²) in [4.78, 5) is 0. The maximum Gasteiger partial charge on any atom is 0.0351 e. The van der Waals surface area contributed by atoms with Crippen molar-refractivity contribution in [2.24, 2.45) is 11.8 Å². The molecule has 3 unspecified atom stereocenters. The van der Waals surface area contributed by atoms with Crippen molar-refractivity contribution >= 4 is 0 Å². The predicted molar refractivity (Wildman–Crippen MR) is 90.6 cm³/mol. The summed E-state index contributed by atoms with van der Waals surface area (Å²) in [7, 11) is 0. The Bertz CT molecular complexity index is 465. The average Bonchev–Trinajstić information content (AvgIpc) is 2.94. The van der Waals surface area contributed by atoms with Crippen LogP contribution >= 0.6 is 0 Å². The van der Waals surface area contributed by atoms with Crippen LogP contribution < -0.4 is 5.32 Å². The van der Waals surface area contributed by atoms with Gasteiger partial charge in [-0.3, -0.25) is 0 Å². The molecule has 3 atom stereocenters. The number of benzene rings is 1. The summed E-state index contributed by atoms with van der Waals surface area (Å²) in [5.41, 5.74) is 4.80. The van der Waals surface area contributed by atoms with Gasteiger partial charge in [-0.2, -0.15) is 0 Å². The van der Waals surface area contributed by atoms with Crippen LogP contribution in [0, 0.1) is 11.8 Å². The molecule has 1 N–H and O–H groups in total. The molecule has 0 aliphatic heterocycles. The van der Waals surface area contributed by atoms with Gasteiger partial charge in [-0.05, 0) is 73.6 Å². The lowest BCUT2D eigenvalue weighted by Crippen LogP contribution is -2.30. The predicted octanol–water partition coefficient (Wildman–Crippen LogP) is 5.04. The molecule has 2 aliphatic rings. The van der Waals surface area contributed by atoms with Gasteiger partial charge in [0.05, 0.1) is 0 Å². The molecule has 0 radical (unpaired) electrons. The van der Waals surface area contributed by atoms with Gasteiger partial charge in [0.15, 0.2) is 0 Å². The summed E-state index contributed by atoms with van der Waals surface area (Å²) < 4.78 is 0. The fourth-order valence-electron chi connectivity index (χ4n) is 4.43. The minimum absolute atomic E-state index is 0.578. The normalized spacial score (nSPS) is 26.6. The van der Waals surface area contributed by atoms with Gasteiger partial charge in [-0.1, -0.05) is 44.9 Å². The van der Waals surface area contributed by atoms with Gasteiger partial charge < -0.3 is 5.32 Å². The first-order valence-corrected chi connectivity index (χ1v) is 9.14. The van der Waals surface area contributed by atoms with Crippen molar-refractivity contribution in [3.8, 4) is 0 Å². The third-order valence-corrected chi connectivity index (χ3v) is 5.70. The highest BCUT2D eigenvalue weighted by Crippen LogP contribution is 2.40. The first-order chi connectivity index (χ1) is 10.3. The fraction of sp³-hybridized carbons (Fsp3) is 0.700. The summed E-state index contributed by atoms with van der Waals surface area (Å²) in [6.45, 7) is 5.87. The molecule has 0 amide bonds. The number of fused-ring (bicyclic) bond motifs is 1. The molecule has 21 heavy (non-hydrogen) atoms. The van der Waals surface area contributed by atoms with Crippen LogP contribution in [0.5, 0.6) is 0 Å². The molecule has 0 saturated heterocycles. The van der Waals surface area contributed by atoms with E-state index in [0.717, 1.165) is 18.4 Å². The molecule has 1 nitrogen and oxygen atoms in total. The van der Waals surface area contributed by atoms with Crippen molar-refractivity contribution in [2.45, 2.75) is 71.3 Å². The van der Waals surface area contributed by atoms with Crippen LogP contribution in [0.4, 0.5) is 0 Å². The molecule has 0 heterocycles. The second-order valence-electron chi connectivity index (χ2n) is 7.24. The minimum atomic E-state index is 0.578. The van der Waals surface area contributed by atoms with E-state index in [2.05, 4.69) is 37.4 Å². The number of hydrogen-bond acceptors (Lipinski definition) is 1. The molecular weight excluding hydrogens is 254 g/mol. The number of hydrogen-bond donors (Lipinski definition) is 1. The zero-order chi connectivity index (χ0) is 14.7. The van der Waals surface area contributed by atoms with Crippen molar-refractivity contribution < 1.29 is 0 Å². The lowest BCUT2D eigenvalue weighted by Gasteiger charge is -2.30. The standard InChI is InChI=1S/C20H31N/c1-3-13-21-20(19-10-6-7-15(19)2)18-12-11-16-8-4-5-9-17(16)14-18/h11-12,14-15,19-21H,3-10,13H2,1-2H3. The fourth-order valence-corrected chi connectivity index (χ4v) is 4.43. The van der Waals surface area contributed by atoms with Crippen LogP contribution in [0.1, 0.15) is 75.1 Å². The smallest absolute Gasteiger partial charge is 0.0351 e. The van der Waals surface area contributed by atoms with E-state index in [9.17, 15) is 0 Å². The SMILES string of the molecule is CCCNC(c1ccc2c(c1)CCCC2)C1CCCC1C. The van der Waals surface area contributed by atoms with E-state index in [-0.39, 0.29) is 0 Å². The molecule has 3 rings (SSSR count). The van der Waals surface area contributed by atoms with Crippen LogP contribution in [0.2, 0.25) is 0 Å². The summed E-state index contributed by atoms with van der Waals surface area (Å²) in [6, 6.07) is 7.95. The largest absolute Gasteiger partial charge is 0.310 e. The first-order valence-electron chi connectivity index (χ1n) is 9.14. The van der Waals surface area contributed by atoms with Gasteiger partial charge in [-0.15, -0.1) is 0 Å². The third kappa shape index (κ3) is 3.34. The topological polar surface area (TPSA) is 12.0 Å². The van der Waals surface area contributed by atoms with E-state index in [4.69, 9.17) is 0 Å². The third-order valence-electron chi connectivity index (χ3n) is 5.70. The molecule has 1 saturated carbocycles. The molecule has 0 spiro atoms. The molecule has 116 valence electrons. The van der Waals surface area contributed by atoms with Crippen LogP contribution in [-0.2, 0) is 12.8 Å². The van der Waals surface area contributed by atoms with E-state index in [0.29, 0.717) is 6.04 Å². The number of rotatable bonds is 5.